The van der Waals surface area contributed by atoms with Gasteiger partial charge in [-0.3, -0.25) is 4.79 Å². The second-order valence-corrected chi connectivity index (χ2v) is 4.21. The highest BCUT2D eigenvalue weighted by atomic mass is 19.1. The topological polar surface area (TPSA) is 75.6 Å². The molecule has 108 valence electrons. The summed E-state index contributed by atoms with van der Waals surface area (Å²) in [5, 5.41) is 11.2. The highest BCUT2D eigenvalue weighted by Gasteiger charge is 2.21. The minimum absolute atomic E-state index is 0.0119. The molecule has 0 saturated carbocycles. The molecule has 2 N–H and O–H groups in total. The fraction of sp³-hybridized carbons (Fsp3) is 0.286. The molecule has 20 heavy (non-hydrogen) atoms. The summed E-state index contributed by atoms with van der Waals surface area (Å²) in [5.41, 5.74) is 0.808. The quantitative estimate of drug-likeness (QED) is 0.786. The van der Waals surface area contributed by atoms with Crippen LogP contribution in [-0.2, 0) is 9.53 Å². The molecule has 0 heterocycles. The first-order chi connectivity index (χ1) is 9.43. The van der Waals surface area contributed by atoms with Gasteiger partial charge in [0.1, 0.15) is 12.4 Å². The van der Waals surface area contributed by atoms with Gasteiger partial charge in [-0.15, -0.1) is 0 Å². The van der Waals surface area contributed by atoms with Gasteiger partial charge in [-0.25, -0.2) is 9.18 Å². The number of halogens is 1. The Kier molecular flexibility index (Phi) is 5.71. The van der Waals surface area contributed by atoms with Gasteiger partial charge in [-0.1, -0.05) is 24.8 Å². The molecule has 0 aliphatic heterocycles. The first-order valence-electron chi connectivity index (χ1n) is 5.96. The van der Waals surface area contributed by atoms with Crippen LogP contribution < -0.4 is 5.32 Å². The van der Waals surface area contributed by atoms with Gasteiger partial charge in [0.05, 0.1) is 12.5 Å². The summed E-state index contributed by atoms with van der Waals surface area (Å²) < 4.78 is 18.6. The lowest BCUT2D eigenvalue weighted by Crippen LogP contribution is -2.31. The van der Waals surface area contributed by atoms with Crippen LogP contribution in [0.3, 0.4) is 0 Å². The number of carbonyl (C=O) groups excluding carboxylic acids is 1. The Bertz CT molecular complexity index is 516. The third-order valence-corrected chi connectivity index (χ3v) is 2.53. The van der Waals surface area contributed by atoms with Crippen molar-refractivity contribution in [2.75, 3.05) is 6.61 Å². The minimum Gasteiger partial charge on any atom is -0.481 e. The molecule has 1 rings (SSSR count). The molecular weight excluding hydrogens is 265 g/mol. The van der Waals surface area contributed by atoms with Crippen molar-refractivity contribution in [1.29, 1.82) is 0 Å². The number of aryl methyl sites for hydroxylation is 1. The fourth-order valence-electron chi connectivity index (χ4n) is 1.65. The zero-order valence-corrected chi connectivity index (χ0v) is 11.1. The lowest BCUT2D eigenvalue weighted by Gasteiger charge is -2.18. The maximum atomic E-state index is 13.9. The van der Waals surface area contributed by atoms with Crippen LogP contribution in [-0.4, -0.2) is 23.8 Å². The van der Waals surface area contributed by atoms with Crippen molar-refractivity contribution in [2.24, 2.45) is 0 Å². The van der Waals surface area contributed by atoms with Crippen LogP contribution in [0.4, 0.5) is 9.18 Å². The highest BCUT2D eigenvalue weighted by molar-refractivity contribution is 5.72. The van der Waals surface area contributed by atoms with Gasteiger partial charge >= 0.3 is 12.1 Å². The van der Waals surface area contributed by atoms with E-state index in [1.54, 1.807) is 13.0 Å². The van der Waals surface area contributed by atoms with E-state index in [4.69, 9.17) is 9.84 Å². The second kappa shape index (κ2) is 7.28. The third-order valence-electron chi connectivity index (χ3n) is 2.53. The van der Waals surface area contributed by atoms with E-state index >= 15 is 0 Å². The van der Waals surface area contributed by atoms with Gasteiger partial charge in [0.2, 0.25) is 0 Å². The molecule has 1 atom stereocenters. The van der Waals surface area contributed by atoms with Crippen molar-refractivity contribution < 1.29 is 23.8 Å². The Balaban J connectivity index is 2.90. The first-order valence-corrected chi connectivity index (χ1v) is 5.96. The van der Waals surface area contributed by atoms with Gasteiger partial charge in [-0.05, 0) is 18.6 Å². The van der Waals surface area contributed by atoms with Crippen molar-refractivity contribution in [3.05, 3.63) is 47.8 Å². The molecule has 0 radical (unpaired) electrons. The molecule has 1 aromatic carbocycles. The molecule has 0 bridgehead atoms. The summed E-state index contributed by atoms with van der Waals surface area (Å²) in [6.07, 6.45) is 0.109. The number of alkyl carbamates (subject to hydrolysis) is 1. The number of rotatable bonds is 6. The Morgan fingerprint density at radius 3 is 2.80 bits per heavy atom. The predicted octanol–water partition coefficient (Wildman–Crippen LogP) is 2.56. The van der Waals surface area contributed by atoms with Crippen molar-refractivity contribution >= 4 is 12.1 Å². The van der Waals surface area contributed by atoms with Crippen molar-refractivity contribution in [3.63, 3.8) is 0 Å². The third kappa shape index (κ3) is 4.72. The average Bonchev–Trinajstić information content (AvgIpc) is 2.35. The van der Waals surface area contributed by atoms with Crippen LogP contribution in [0.15, 0.2) is 30.9 Å². The molecule has 0 spiro atoms. The molecular formula is C14H16FNO4. The van der Waals surface area contributed by atoms with Crippen LogP contribution in [0, 0.1) is 12.7 Å². The largest absolute Gasteiger partial charge is 0.481 e. The SMILES string of the molecule is C=CCOC(=O)N[C@@H](CC(=O)O)c1ccc(C)cc1F. The molecule has 0 aliphatic carbocycles. The number of amides is 1. The molecule has 0 aliphatic rings. The van der Waals surface area contributed by atoms with Gasteiger partial charge in [0.25, 0.3) is 0 Å². The van der Waals surface area contributed by atoms with Gasteiger partial charge in [0, 0.05) is 5.56 Å². The van der Waals surface area contributed by atoms with Crippen LogP contribution in [0.1, 0.15) is 23.6 Å². The summed E-state index contributed by atoms with van der Waals surface area (Å²) in [5.74, 6) is -1.72. The fourth-order valence-corrected chi connectivity index (χ4v) is 1.65. The Morgan fingerprint density at radius 2 is 2.25 bits per heavy atom. The number of nitrogens with one attached hydrogen (secondary N) is 1. The number of carboxylic acids is 1. The number of benzene rings is 1. The van der Waals surface area contributed by atoms with Crippen LogP contribution in [0.2, 0.25) is 0 Å². The van der Waals surface area contributed by atoms with E-state index < -0.39 is 30.3 Å². The summed E-state index contributed by atoms with van der Waals surface area (Å²) in [6, 6.07) is 3.38. The van der Waals surface area contributed by atoms with E-state index in [1.807, 2.05) is 0 Å². The smallest absolute Gasteiger partial charge is 0.407 e. The maximum Gasteiger partial charge on any atom is 0.407 e. The Morgan fingerprint density at radius 1 is 1.55 bits per heavy atom. The highest BCUT2D eigenvalue weighted by Crippen LogP contribution is 2.21. The zero-order valence-electron chi connectivity index (χ0n) is 11.1. The minimum atomic E-state index is -1.15. The molecule has 0 saturated heterocycles. The number of carbonyl (C=O) groups is 2. The first kappa shape index (κ1) is 15.7. The lowest BCUT2D eigenvalue weighted by molar-refractivity contribution is -0.137. The van der Waals surface area contributed by atoms with E-state index in [0.717, 1.165) is 0 Å². The van der Waals surface area contributed by atoms with Crippen LogP contribution in [0.25, 0.3) is 0 Å². The van der Waals surface area contributed by atoms with E-state index in [9.17, 15) is 14.0 Å². The van der Waals surface area contributed by atoms with Crippen molar-refractivity contribution in [2.45, 2.75) is 19.4 Å². The maximum absolute atomic E-state index is 13.9. The summed E-state index contributed by atoms with van der Waals surface area (Å²) >= 11 is 0. The van der Waals surface area contributed by atoms with Gasteiger partial charge in [0.15, 0.2) is 0 Å². The molecule has 1 aromatic rings. The van der Waals surface area contributed by atoms with E-state index in [-0.39, 0.29) is 12.2 Å². The van der Waals surface area contributed by atoms with Crippen molar-refractivity contribution in [3.8, 4) is 0 Å². The average molecular weight is 281 g/mol. The van der Waals surface area contributed by atoms with Gasteiger partial charge in [-0.2, -0.15) is 0 Å². The van der Waals surface area contributed by atoms with E-state index in [1.165, 1.54) is 18.2 Å². The molecule has 0 aromatic heterocycles. The summed E-state index contributed by atoms with van der Waals surface area (Å²) in [7, 11) is 0. The second-order valence-electron chi connectivity index (χ2n) is 4.21. The van der Waals surface area contributed by atoms with Crippen LogP contribution in [0.5, 0.6) is 0 Å². The number of carboxylic acid groups (broad SMARTS) is 1. The normalized spacial score (nSPS) is 11.5. The number of ether oxygens (including phenoxy) is 1. The molecule has 5 nitrogen and oxygen atoms in total. The number of hydrogen-bond donors (Lipinski definition) is 2. The predicted molar refractivity (Wildman–Crippen MR) is 70.8 cm³/mol. The number of aliphatic carboxylic acids is 1. The van der Waals surface area contributed by atoms with Crippen molar-refractivity contribution in [1.82, 2.24) is 5.32 Å². The van der Waals surface area contributed by atoms with Gasteiger partial charge < -0.3 is 15.2 Å². The van der Waals surface area contributed by atoms with Crippen LogP contribution >= 0.6 is 0 Å². The standard InChI is InChI=1S/C14H16FNO4/c1-3-6-20-14(19)16-12(8-13(17)18)10-5-4-9(2)7-11(10)15/h3-5,7,12H,1,6,8H2,2H3,(H,16,19)(H,17,18)/t12-/m0/s1. The zero-order chi connectivity index (χ0) is 15.1. The summed E-state index contributed by atoms with van der Waals surface area (Å²) in [4.78, 5) is 22.3. The lowest BCUT2D eigenvalue weighted by atomic mass is 10.0. The van der Waals surface area contributed by atoms with E-state index in [2.05, 4.69) is 11.9 Å². The monoisotopic (exact) mass is 281 g/mol. The molecule has 1 amide bonds. The molecule has 0 fully saturated rings. The summed E-state index contributed by atoms with van der Waals surface area (Å²) in [6.45, 7) is 5.08. The van der Waals surface area contributed by atoms with E-state index in [0.29, 0.717) is 5.56 Å². The molecule has 0 unspecified atom stereocenters. The Hall–Kier alpha value is -2.37. The Labute approximate surface area is 116 Å². The molecule has 6 heteroatoms. The number of hydrogen-bond acceptors (Lipinski definition) is 3.